The number of hydrogen-bond acceptors (Lipinski definition) is 1. The number of anilines is 1. The van der Waals surface area contributed by atoms with E-state index in [1.807, 2.05) is 0 Å². The Morgan fingerprint density at radius 2 is 1.75 bits per heavy atom. The second-order valence-electron chi connectivity index (χ2n) is 4.14. The Morgan fingerprint density at radius 3 is 2.35 bits per heavy atom. The summed E-state index contributed by atoms with van der Waals surface area (Å²) in [5.41, 5.74) is 0.404. The van der Waals surface area contributed by atoms with Crippen LogP contribution in [0.15, 0.2) is 34.8 Å². The number of hydrogen-bond donors (Lipinski definition) is 1. The molecule has 0 radical (unpaired) electrons. The second kappa shape index (κ2) is 5.66. The molecule has 2 aromatic carbocycles. The van der Waals surface area contributed by atoms with Gasteiger partial charge in [-0.05, 0) is 34.5 Å². The average Bonchev–Trinajstić information content (AvgIpc) is 2.33. The summed E-state index contributed by atoms with van der Waals surface area (Å²) < 4.78 is 40.4. The van der Waals surface area contributed by atoms with E-state index in [0.29, 0.717) is 22.3 Å². The zero-order valence-electron chi connectivity index (χ0n) is 10.3. The third kappa shape index (κ3) is 2.85. The van der Waals surface area contributed by atoms with E-state index in [-0.39, 0.29) is 0 Å². The van der Waals surface area contributed by atoms with E-state index in [1.165, 1.54) is 0 Å². The van der Waals surface area contributed by atoms with Crippen molar-refractivity contribution in [2.75, 3.05) is 5.32 Å². The molecule has 0 heterocycles. The van der Waals surface area contributed by atoms with Crippen LogP contribution in [0.25, 0.3) is 0 Å². The van der Waals surface area contributed by atoms with E-state index in [1.54, 1.807) is 25.1 Å². The van der Waals surface area contributed by atoms with Gasteiger partial charge in [0.25, 0.3) is 5.91 Å². The van der Waals surface area contributed by atoms with Crippen LogP contribution < -0.4 is 5.32 Å². The molecule has 0 atom stereocenters. The van der Waals surface area contributed by atoms with Gasteiger partial charge in [0.1, 0.15) is 23.0 Å². The van der Waals surface area contributed by atoms with Gasteiger partial charge in [0.15, 0.2) is 0 Å². The normalized spacial score (nSPS) is 10.4. The van der Waals surface area contributed by atoms with E-state index in [0.717, 1.165) is 5.56 Å². The molecule has 20 heavy (non-hydrogen) atoms. The molecule has 0 aliphatic heterocycles. The highest BCUT2D eigenvalue weighted by Crippen LogP contribution is 2.26. The Bertz CT molecular complexity index is 665. The SMILES string of the molecule is Cc1cccc(NC(=O)c2c(F)cc(F)cc2F)c1Br. The first-order valence-corrected chi connectivity index (χ1v) is 6.40. The summed E-state index contributed by atoms with van der Waals surface area (Å²) in [5.74, 6) is -4.55. The Labute approximate surface area is 121 Å². The molecule has 0 fully saturated rings. The maximum absolute atomic E-state index is 13.5. The van der Waals surface area contributed by atoms with Gasteiger partial charge >= 0.3 is 0 Å². The molecular formula is C14H9BrF3NO. The van der Waals surface area contributed by atoms with Crippen LogP contribution in [0, 0.1) is 24.4 Å². The Hall–Kier alpha value is -1.82. The van der Waals surface area contributed by atoms with Gasteiger partial charge in [-0.25, -0.2) is 13.2 Å². The molecule has 0 saturated carbocycles. The van der Waals surface area contributed by atoms with Crippen molar-refractivity contribution in [3.05, 3.63) is 63.4 Å². The molecule has 1 amide bonds. The number of aryl methyl sites for hydroxylation is 1. The van der Waals surface area contributed by atoms with Gasteiger partial charge in [-0.3, -0.25) is 4.79 Å². The highest BCUT2D eigenvalue weighted by Gasteiger charge is 2.19. The molecule has 2 aromatic rings. The lowest BCUT2D eigenvalue weighted by molar-refractivity contribution is 0.101. The van der Waals surface area contributed by atoms with Gasteiger partial charge in [0.2, 0.25) is 0 Å². The highest BCUT2D eigenvalue weighted by atomic mass is 79.9. The van der Waals surface area contributed by atoms with Crippen molar-refractivity contribution in [3.8, 4) is 0 Å². The van der Waals surface area contributed by atoms with E-state index in [9.17, 15) is 18.0 Å². The minimum Gasteiger partial charge on any atom is -0.321 e. The Balaban J connectivity index is 2.36. The summed E-state index contributed by atoms with van der Waals surface area (Å²) in [6, 6.07) is 5.99. The van der Waals surface area contributed by atoms with Crippen molar-refractivity contribution in [1.82, 2.24) is 0 Å². The molecule has 0 unspecified atom stereocenters. The zero-order valence-corrected chi connectivity index (χ0v) is 11.9. The predicted octanol–water partition coefficient (Wildman–Crippen LogP) is 4.43. The van der Waals surface area contributed by atoms with Crippen molar-refractivity contribution in [2.45, 2.75) is 6.92 Å². The molecule has 0 aliphatic carbocycles. The number of halogens is 4. The lowest BCUT2D eigenvalue weighted by atomic mass is 10.1. The third-order valence-electron chi connectivity index (χ3n) is 2.67. The number of rotatable bonds is 2. The summed E-state index contributed by atoms with van der Waals surface area (Å²) in [7, 11) is 0. The smallest absolute Gasteiger partial charge is 0.261 e. The largest absolute Gasteiger partial charge is 0.321 e. The number of carbonyl (C=O) groups is 1. The molecule has 0 spiro atoms. The van der Waals surface area contributed by atoms with Gasteiger partial charge in [0, 0.05) is 16.6 Å². The summed E-state index contributed by atoms with van der Waals surface area (Å²) >= 11 is 3.27. The summed E-state index contributed by atoms with van der Waals surface area (Å²) in [6.07, 6.45) is 0. The highest BCUT2D eigenvalue weighted by molar-refractivity contribution is 9.10. The molecular weight excluding hydrogens is 335 g/mol. The molecule has 1 N–H and O–H groups in total. The number of benzene rings is 2. The van der Waals surface area contributed by atoms with Crippen LogP contribution in [0.3, 0.4) is 0 Å². The monoisotopic (exact) mass is 343 g/mol. The fraction of sp³-hybridized carbons (Fsp3) is 0.0714. The number of amides is 1. The average molecular weight is 344 g/mol. The van der Waals surface area contributed by atoms with Gasteiger partial charge in [-0.15, -0.1) is 0 Å². The number of carbonyl (C=O) groups excluding carboxylic acids is 1. The van der Waals surface area contributed by atoms with E-state index >= 15 is 0 Å². The lowest BCUT2D eigenvalue weighted by Gasteiger charge is -2.10. The Morgan fingerprint density at radius 1 is 1.15 bits per heavy atom. The van der Waals surface area contributed by atoms with Gasteiger partial charge in [-0.2, -0.15) is 0 Å². The first-order chi connectivity index (χ1) is 9.40. The van der Waals surface area contributed by atoms with Crippen molar-refractivity contribution in [3.63, 3.8) is 0 Å². The molecule has 2 nitrogen and oxygen atoms in total. The number of nitrogens with one attached hydrogen (secondary N) is 1. The first kappa shape index (κ1) is 14.6. The van der Waals surface area contributed by atoms with Crippen LogP contribution in [0.5, 0.6) is 0 Å². The van der Waals surface area contributed by atoms with Crippen LogP contribution >= 0.6 is 15.9 Å². The lowest BCUT2D eigenvalue weighted by Crippen LogP contribution is -2.16. The standard InChI is InChI=1S/C14H9BrF3NO/c1-7-3-2-4-11(13(7)15)19-14(20)12-9(17)5-8(16)6-10(12)18/h2-6H,1H3,(H,19,20). The minimum absolute atomic E-state index is 0.373. The van der Waals surface area contributed by atoms with E-state index in [2.05, 4.69) is 21.2 Å². The van der Waals surface area contributed by atoms with Crippen LogP contribution in [0.2, 0.25) is 0 Å². The summed E-state index contributed by atoms with van der Waals surface area (Å²) in [4.78, 5) is 11.9. The van der Waals surface area contributed by atoms with Gasteiger partial charge in [0.05, 0.1) is 5.69 Å². The van der Waals surface area contributed by atoms with E-state index < -0.39 is 28.9 Å². The summed E-state index contributed by atoms with van der Waals surface area (Å²) in [6.45, 7) is 1.80. The molecule has 104 valence electrons. The Kier molecular flexibility index (Phi) is 4.13. The van der Waals surface area contributed by atoms with Crippen LogP contribution in [-0.4, -0.2) is 5.91 Å². The minimum atomic E-state index is -1.25. The first-order valence-electron chi connectivity index (χ1n) is 5.61. The van der Waals surface area contributed by atoms with Gasteiger partial charge < -0.3 is 5.32 Å². The summed E-state index contributed by atoms with van der Waals surface area (Å²) in [5, 5.41) is 2.38. The van der Waals surface area contributed by atoms with Crippen molar-refractivity contribution in [1.29, 1.82) is 0 Å². The molecule has 6 heteroatoms. The van der Waals surface area contributed by atoms with E-state index in [4.69, 9.17) is 0 Å². The van der Waals surface area contributed by atoms with Gasteiger partial charge in [-0.1, -0.05) is 12.1 Å². The predicted molar refractivity (Wildman–Crippen MR) is 73.1 cm³/mol. The third-order valence-corrected chi connectivity index (χ3v) is 3.73. The second-order valence-corrected chi connectivity index (χ2v) is 4.93. The molecule has 0 aromatic heterocycles. The topological polar surface area (TPSA) is 29.1 Å². The molecule has 0 saturated heterocycles. The molecule has 0 aliphatic rings. The maximum Gasteiger partial charge on any atom is 0.261 e. The van der Waals surface area contributed by atoms with Crippen molar-refractivity contribution >= 4 is 27.5 Å². The fourth-order valence-electron chi connectivity index (χ4n) is 1.69. The fourth-order valence-corrected chi connectivity index (χ4v) is 2.05. The quantitative estimate of drug-likeness (QED) is 0.858. The van der Waals surface area contributed by atoms with Crippen LogP contribution in [0.1, 0.15) is 15.9 Å². The maximum atomic E-state index is 13.5. The van der Waals surface area contributed by atoms with Crippen LogP contribution in [0.4, 0.5) is 18.9 Å². The van der Waals surface area contributed by atoms with Crippen molar-refractivity contribution in [2.24, 2.45) is 0 Å². The molecule has 2 rings (SSSR count). The molecule has 0 bridgehead atoms. The zero-order chi connectivity index (χ0) is 14.9. The van der Waals surface area contributed by atoms with Crippen molar-refractivity contribution < 1.29 is 18.0 Å². The van der Waals surface area contributed by atoms with Crippen LogP contribution in [-0.2, 0) is 0 Å².